The highest BCUT2D eigenvalue weighted by Crippen LogP contribution is 2.36. The molecule has 8 heteroatoms. The summed E-state index contributed by atoms with van der Waals surface area (Å²) in [6.07, 6.45) is 3.22. The molecule has 6 nitrogen and oxygen atoms in total. The van der Waals surface area contributed by atoms with Crippen LogP contribution in [0.25, 0.3) is 11.1 Å². The highest BCUT2D eigenvalue weighted by Gasteiger charge is 2.31. The van der Waals surface area contributed by atoms with Crippen molar-refractivity contribution in [2.24, 2.45) is 26.8 Å². The molecule has 2 aromatic rings. The summed E-state index contributed by atoms with van der Waals surface area (Å²) < 4.78 is 28.5. The Morgan fingerprint density at radius 2 is 2.00 bits per heavy atom. The number of hydrogen-bond donors (Lipinski definition) is 1. The van der Waals surface area contributed by atoms with Gasteiger partial charge in [0.1, 0.15) is 24.1 Å². The molecule has 2 heterocycles. The molecule has 1 fully saturated rings. The van der Waals surface area contributed by atoms with Crippen LogP contribution in [0.5, 0.6) is 0 Å². The van der Waals surface area contributed by atoms with E-state index in [0.717, 1.165) is 37.4 Å². The minimum Gasteiger partial charge on any atom is -0.391 e. The Balaban J connectivity index is 1.52. The summed E-state index contributed by atoms with van der Waals surface area (Å²) in [5, 5.41) is 0. The maximum absolute atomic E-state index is 14.6. The molecular formula is C25H29F2N5O. The Labute approximate surface area is 193 Å². The fourth-order valence-electron chi connectivity index (χ4n) is 4.35. The highest BCUT2D eigenvalue weighted by molar-refractivity contribution is 5.81. The fourth-order valence-corrected chi connectivity index (χ4v) is 4.35. The lowest BCUT2D eigenvalue weighted by atomic mass is 9.93. The fraction of sp³-hybridized carbons (Fsp3) is 0.400. The van der Waals surface area contributed by atoms with Crippen LogP contribution in [0, 0.1) is 23.5 Å². The molecule has 1 N–H and O–H groups in total. The molecule has 174 valence electrons. The molecule has 0 aromatic heterocycles. The Kier molecular flexibility index (Phi) is 7.25. The third kappa shape index (κ3) is 5.51. The highest BCUT2D eigenvalue weighted by atomic mass is 19.1. The normalized spacial score (nSPS) is 19.8. The second kappa shape index (κ2) is 10.3. The zero-order chi connectivity index (χ0) is 23.4. The SMILES string of the molecule is C=NC=Nc1c(CN2CCC(C3N=C(C(C)C)ON3)CC2)cc(F)cc1-c1cccc(F)c1. The number of benzene rings is 2. The summed E-state index contributed by atoms with van der Waals surface area (Å²) in [5.41, 5.74) is 5.46. The molecule has 1 saturated heterocycles. The van der Waals surface area contributed by atoms with E-state index in [0.29, 0.717) is 29.3 Å². The Bertz CT molecular complexity index is 1060. The zero-order valence-corrected chi connectivity index (χ0v) is 19.0. The molecule has 33 heavy (non-hydrogen) atoms. The molecule has 2 aromatic carbocycles. The summed E-state index contributed by atoms with van der Waals surface area (Å²) in [5.74, 6) is 0.630. The molecule has 1 unspecified atom stereocenters. The van der Waals surface area contributed by atoms with Crippen molar-refractivity contribution in [1.82, 2.24) is 10.4 Å². The molecule has 2 aliphatic rings. The van der Waals surface area contributed by atoms with Gasteiger partial charge in [-0.2, -0.15) is 0 Å². The number of nitrogens with one attached hydrogen (secondary N) is 1. The topological polar surface area (TPSA) is 61.6 Å². The molecular weight excluding hydrogens is 424 g/mol. The van der Waals surface area contributed by atoms with E-state index in [1.54, 1.807) is 12.1 Å². The number of hydrogen-bond acceptors (Lipinski definition) is 5. The number of hydroxylamine groups is 1. The van der Waals surface area contributed by atoms with E-state index in [1.165, 1.54) is 30.6 Å². The van der Waals surface area contributed by atoms with Crippen LogP contribution in [0.2, 0.25) is 0 Å². The van der Waals surface area contributed by atoms with Crippen molar-refractivity contribution in [2.45, 2.75) is 39.4 Å². The molecule has 0 amide bonds. The standard InChI is InChI=1S/C25H29F2N5O/c1-16(2)25-30-24(31-33-25)17-7-9-32(10-8-17)14-19-12-21(27)13-22(23(19)29-15-28-3)18-5-4-6-20(26)11-18/h4-6,11-13,15-17,24,31H,3,7-10,14H2,1-2H3. The van der Waals surface area contributed by atoms with Gasteiger partial charge >= 0.3 is 0 Å². The lowest BCUT2D eigenvalue weighted by Crippen LogP contribution is -2.40. The van der Waals surface area contributed by atoms with E-state index in [1.807, 2.05) is 0 Å². The van der Waals surface area contributed by atoms with Crippen molar-refractivity contribution in [2.75, 3.05) is 13.1 Å². The number of likely N-dealkylation sites (tertiary alicyclic amines) is 1. The second-order valence-corrected chi connectivity index (χ2v) is 8.80. The van der Waals surface area contributed by atoms with Gasteiger partial charge in [-0.05, 0) is 68.0 Å². The van der Waals surface area contributed by atoms with E-state index in [4.69, 9.17) is 4.84 Å². The third-order valence-corrected chi connectivity index (χ3v) is 6.07. The summed E-state index contributed by atoms with van der Waals surface area (Å²) in [6, 6.07) is 8.98. The van der Waals surface area contributed by atoms with Crippen molar-refractivity contribution < 1.29 is 13.6 Å². The Hall–Kier alpha value is -2.97. The van der Waals surface area contributed by atoms with Gasteiger partial charge in [0.2, 0.25) is 5.90 Å². The smallest absolute Gasteiger partial charge is 0.213 e. The zero-order valence-electron chi connectivity index (χ0n) is 19.0. The average Bonchev–Trinajstić information content (AvgIpc) is 3.29. The molecule has 0 bridgehead atoms. The monoisotopic (exact) mass is 453 g/mol. The van der Waals surface area contributed by atoms with Gasteiger partial charge in [-0.15, -0.1) is 5.48 Å². The van der Waals surface area contributed by atoms with Crippen LogP contribution in [-0.2, 0) is 11.4 Å². The van der Waals surface area contributed by atoms with Gasteiger partial charge in [-0.25, -0.2) is 18.8 Å². The predicted octanol–water partition coefficient (Wildman–Crippen LogP) is 5.12. The molecule has 2 aliphatic heterocycles. The molecule has 0 saturated carbocycles. The maximum atomic E-state index is 14.6. The molecule has 0 spiro atoms. The number of halogens is 2. The quantitative estimate of drug-likeness (QED) is 0.468. The van der Waals surface area contributed by atoms with Crippen LogP contribution in [0.1, 0.15) is 32.3 Å². The van der Waals surface area contributed by atoms with Gasteiger partial charge in [0, 0.05) is 23.9 Å². The number of rotatable bonds is 7. The van der Waals surface area contributed by atoms with E-state index < -0.39 is 0 Å². The van der Waals surface area contributed by atoms with Gasteiger partial charge < -0.3 is 4.84 Å². The lowest BCUT2D eigenvalue weighted by Gasteiger charge is -2.33. The van der Waals surface area contributed by atoms with Crippen molar-refractivity contribution in [1.29, 1.82) is 0 Å². The van der Waals surface area contributed by atoms with Crippen molar-refractivity contribution in [3.8, 4) is 11.1 Å². The first kappa shape index (κ1) is 23.2. The van der Waals surface area contributed by atoms with Crippen molar-refractivity contribution in [3.63, 3.8) is 0 Å². The first-order valence-electron chi connectivity index (χ1n) is 11.2. The van der Waals surface area contributed by atoms with Gasteiger partial charge in [0.05, 0.1) is 5.69 Å². The van der Waals surface area contributed by atoms with E-state index in [9.17, 15) is 8.78 Å². The van der Waals surface area contributed by atoms with Crippen LogP contribution >= 0.6 is 0 Å². The Morgan fingerprint density at radius 1 is 1.21 bits per heavy atom. The molecule has 1 atom stereocenters. The van der Waals surface area contributed by atoms with Crippen molar-refractivity contribution >= 4 is 24.6 Å². The van der Waals surface area contributed by atoms with Gasteiger partial charge in [0.15, 0.2) is 0 Å². The van der Waals surface area contributed by atoms with E-state index >= 15 is 0 Å². The van der Waals surface area contributed by atoms with Crippen molar-refractivity contribution in [3.05, 3.63) is 53.6 Å². The third-order valence-electron chi connectivity index (χ3n) is 6.07. The van der Waals surface area contributed by atoms with Crippen LogP contribution in [0.4, 0.5) is 14.5 Å². The predicted molar refractivity (Wildman–Crippen MR) is 128 cm³/mol. The summed E-state index contributed by atoms with van der Waals surface area (Å²) >= 11 is 0. The summed E-state index contributed by atoms with van der Waals surface area (Å²) in [6.45, 7) is 9.80. The first-order chi connectivity index (χ1) is 15.9. The Morgan fingerprint density at radius 3 is 2.67 bits per heavy atom. The summed E-state index contributed by atoms with van der Waals surface area (Å²) in [4.78, 5) is 20.6. The van der Waals surface area contributed by atoms with Gasteiger partial charge in [0.25, 0.3) is 0 Å². The van der Waals surface area contributed by atoms with E-state index in [2.05, 4.69) is 45.9 Å². The number of piperidine rings is 1. The van der Waals surface area contributed by atoms with Crippen LogP contribution < -0.4 is 5.48 Å². The van der Waals surface area contributed by atoms with E-state index in [-0.39, 0.29) is 23.7 Å². The lowest BCUT2D eigenvalue weighted by molar-refractivity contribution is 0.101. The minimum atomic E-state index is -0.384. The number of aliphatic imine (C=N–C) groups is 3. The molecule has 4 rings (SSSR count). The second-order valence-electron chi connectivity index (χ2n) is 8.80. The first-order valence-corrected chi connectivity index (χ1v) is 11.2. The molecule has 0 aliphatic carbocycles. The maximum Gasteiger partial charge on any atom is 0.213 e. The van der Waals surface area contributed by atoms with Gasteiger partial charge in [-0.1, -0.05) is 26.0 Å². The average molecular weight is 454 g/mol. The van der Waals surface area contributed by atoms with Gasteiger partial charge in [-0.3, -0.25) is 9.89 Å². The largest absolute Gasteiger partial charge is 0.391 e. The molecule has 0 radical (unpaired) electrons. The van der Waals surface area contributed by atoms with Crippen LogP contribution in [0.3, 0.4) is 0 Å². The van der Waals surface area contributed by atoms with Crippen LogP contribution in [0.15, 0.2) is 51.4 Å². The van der Waals surface area contributed by atoms with Crippen LogP contribution in [-0.4, -0.2) is 43.1 Å². The number of nitrogens with zero attached hydrogens (tertiary/aromatic N) is 4. The minimum absolute atomic E-state index is 0.0165. The summed E-state index contributed by atoms with van der Waals surface area (Å²) in [7, 11) is 0.